The second-order valence-electron chi connectivity index (χ2n) is 2.77. The maximum Gasteiger partial charge on any atom is 0.343 e. The number of rotatable bonds is 3. The van der Waals surface area contributed by atoms with Crippen LogP contribution in [0.4, 0.5) is 0 Å². The van der Waals surface area contributed by atoms with Crippen molar-refractivity contribution in [3.8, 4) is 0 Å². The molecule has 1 N–H and O–H groups in total. The molecule has 0 amide bonds. The van der Waals surface area contributed by atoms with Crippen molar-refractivity contribution in [2.45, 2.75) is 20.3 Å². The van der Waals surface area contributed by atoms with Crippen molar-refractivity contribution in [2.24, 2.45) is 0 Å². The summed E-state index contributed by atoms with van der Waals surface area (Å²) in [7, 11) is -2.64. The highest BCUT2D eigenvalue weighted by molar-refractivity contribution is 7.54. The summed E-state index contributed by atoms with van der Waals surface area (Å²) in [6.45, 7) is 6.89. The molecule has 1 unspecified atom stereocenters. The number of hydrogen-bond acceptors (Lipinski definition) is 2. The summed E-state index contributed by atoms with van der Waals surface area (Å²) in [4.78, 5) is 0. The molecule has 0 bridgehead atoms. The maximum atomic E-state index is 12.0. The lowest BCUT2D eigenvalue weighted by Gasteiger charge is -2.33. The van der Waals surface area contributed by atoms with Crippen molar-refractivity contribution < 1.29 is 9.09 Å². The lowest BCUT2D eigenvalue weighted by atomic mass is 10.4. The van der Waals surface area contributed by atoms with E-state index in [4.69, 9.17) is 4.52 Å². The van der Waals surface area contributed by atoms with Gasteiger partial charge in [-0.25, -0.2) is 9.76 Å². The van der Waals surface area contributed by atoms with E-state index in [0.29, 0.717) is 13.2 Å². The number of hydrogen-bond donors (Lipinski definition) is 1. The molecule has 1 aliphatic heterocycles. The molecule has 72 valence electrons. The molecule has 0 aromatic heterocycles. The molecule has 1 aliphatic rings. The largest absolute Gasteiger partial charge is 0.343 e. The van der Waals surface area contributed by atoms with Gasteiger partial charge in [0.2, 0.25) is 0 Å². The fraction of sp³-hybridized carbons (Fsp3) is 1.00. The van der Waals surface area contributed by atoms with E-state index in [1.165, 1.54) is 0 Å². The molecule has 1 fully saturated rings. The Morgan fingerprint density at radius 2 is 2.33 bits per heavy atom. The van der Waals surface area contributed by atoms with Gasteiger partial charge in [0.25, 0.3) is 0 Å². The van der Waals surface area contributed by atoms with Crippen LogP contribution in [0.25, 0.3) is 0 Å². The van der Waals surface area contributed by atoms with Crippen molar-refractivity contribution >= 4 is 7.67 Å². The second-order valence-corrected chi connectivity index (χ2v) is 4.95. The van der Waals surface area contributed by atoms with Gasteiger partial charge in [-0.15, -0.1) is 0 Å². The minimum atomic E-state index is -2.64. The van der Waals surface area contributed by atoms with Gasteiger partial charge in [-0.3, -0.25) is 4.57 Å². The zero-order valence-corrected chi connectivity index (χ0v) is 8.64. The average molecular weight is 192 g/mol. The summed E-state index contributed by atoms with van der Waals surface area (Å²) in [6, 6.07) is 0. The molecular weight excluding hydrogens is 175 g/mol. The Morgan fingerprint density at radius 1 is 1.58 bits per heavy atom. The summed E-state index contributed by atoms with van der Waals surface area (Å²) >= 11 is 0. The monoisotopic (exact) mass is 192 g/mol. The third-order valence-electron chi connectivity index (χ3n) is 1.92. The molecule has 0 aromatic carbocycles. The molecule has 1 atom stereocenters. The molecule has 1 heterocycles. The average Bonchev–Trinajstić information content (AvgIpc) is 2.05. The summed E-state index contributed by atoms with van der Waals surface area (Å²) in [5.74, 6) is 0. The van der Waals surface area contributed by atoms with Crippen LogP contribution in [0.1, 0.15) is 20.3 Å². The third kappa shape index (κ3) is 2.07. The van der Waals surface area contributed by atoms with Crippen molar-refractivity contribution in [3.05, 3.63) is 0 Å². The zero-order chi connectivity index (χ0) is 9.03. The minimum absolute atomic E-state index is 0.612. The van der Waals surface area contributed by atoms with Gasteiger partial charge in [0.05, 0.1) is 6.61 Å². The molecule has 4 nitrogen and oxygen atoms in total. The standard InChI is InChI=1S/C7H17N2O2P/c1-3-8-12(10)9(4-2)6-5-7-11-12/h3-7H2,1-2H3,(H,8,10). The molecule has 5 heteroatoms. The van der Waals surface area contributed by atoms with Crippen molar-refractivity contribution in [1.29, 1.82) is 0 Å². The fourth-order valence-corrected chi connectivity index (χ4v) is 3.35. The van der Waals surface area contributed by atoms with Gasteiger partial charge >= 0.3 is 7.67 Å². The fourth-order valence-electron chi connectivity index (χ4n) is 1.34. The van der Waals surface area contributed by atoms with E-state index in [-0.39, 0.29) is 0 Å². The van der Waals surface area contributed by atoms with E-state index in [2.05, 4.69) is 5.09 Å². The predicted molar refractivity (Wildman–Crippen MR) is 49.1 cm³/mol. The highest BCUT2D eigenvalue weighted by Crippen LogP contribution is 2.48. The summed E-state index contributed by atoms with van der Waals surface area (Å²) < 4.78 is 19.2. The van der Waals surface area contributed by atoms with Crippen molar-refractivity contribution in [3.63, 3.8) is 0 Å². The van der Waals surface area contributed by atoms with E-state index >= 15 is 0 Å². The van der Waals surface area contributed by atoms with E-state index in [1.807, 2.05) is 18.5 Å². The van der Waals surface area contributed by atoms with E-state index in [1.54, 1.807) is 0 Å². The van der Waals surface area contributed by atoms with Gasteiger partial charge in [-0.1, -0.05) is 13.8 Å². The lowest BCUT2D eigenvalue weighted by molar-refractivity contribution is 0.203. The summed E-state index contributed by atoms with van der Waals surface area (Å²) in [5.41, 5.74) is 0. The van der Waals surface area contributed by atoms with E-state index in [9.17, 15) is 4.57 Å². The predicted octanol–water partition coefficient (Wildman–Crippen LogP) is 1.45. The number of nitrogens with zero attached hydrogens (tertiary/aromatic N) is 1. The van der Waals surface area contributed by atoms with Gasteiger partial charge in [0.1, 0.15) is 0 Å². The molecule has 12 heavy (non-hydrogen) atoms. The Bertz CT molecular complexity index is 180. The normalized spacial score (nSPS) is 32.2. The highest BCUT2D eigenvalue weighted by Gasteiger charge is 2.32. The molecule has 0 aromatic rings. The maximum absolute atomic E-state index is 12.0. The molecule has 0 radical (unpaired) electrons. The van der Waals surface area contributed by atoms with Gasteiger partial charge in [0, 0.05) is 19.6 Å². The van der Waals surface area contributed by atoms with Crippen LogP contribution < -0.4 is 5.09 Å². The SMILES string of the molecule is CCNP1(=O)OCCCN1CC. The Kier molecular flexibility index (Phi) is 3.72. The van der Waals surface area contributed by atoms with Gasteiger partial charge in [0.15, 0.2) is 0 Å². The van der Waals surface area contributed by atoms with E-state index < -0.39 is 7.67 Å². The summed E-state index contributed by atoms with van der Waals surface area (Å²) in [5, 5.41) is 2.92. The molecular formula is C7H17N2O2P. The Morgan fingerprint density at radius 3 is 2.92 bits per heavy atom. The summed E-state index contributed by atoms with van der Waals surface area (Å²) in [6.07, 6.45) is 0.975. The topological polar surface area (TPSA) is 41.6 Å². The van der Waals surface area contributed by atoms with Crippen LogP contribution in [0.5, 0.6) is 0 Å². The van der Waals surface area contributed by atoms with Crippen molar-refractivity contribution in [2.75, 3.05) is 26.2 Å². The second kappa shape index (κ2) is 4.38. The Balaban J connectivity index is 2.62. The molecule has 1 rings (SSSR count). The van der Waals surface area contributed by atoms with Gasteiger partial charge < -0.3 is 4.52 Å². The first-order chi connectivity index (χ1) is 5.73. The first-order valence-electron chi connectivity index (χ1n) is 4.48. The van der Waals surface area contributed by atoms with Gasteiger partial charge in [-0.05, 0) is 6.42 Å². The molecule has 0 saturated carbocycles. The number of nitrogens with one attached hydrogen (secondary N) is 1. The Labute approximate surface area is 73.8 Å². The third-order valence-corrected chi connectivity index (χ3v) is 4.40. The minimum Gasteiger partial charge on any atom is -0.306 e. The Hall–Kier alpha value is 0.110. The molecule has 0 spiro atoms. The first-order valence-corrected chi connectivity index (χ1v) is 6.06. The smallest absolute Gasteiger partial charge is 0.306 e. The zero-order valence-electron chi connectivity index (χ0n) is 7.75. The van der Waals surface area contributed by atoms with Crippen LogP contribution in [0, 0.1) is 0 Å². The van der Waals surface area contributed by atoms with Crippen molar-refractivity contribution in [1.82, 2.24) is 9.76 Å². The lowest BCUT2D eigenvalue weighted by Crippen LogP contribution is -2.34. The molecule has 1 saturated heterocycles. The van der Waals surface area contributed by atoms with Crippen LogP contribution in [-0.2, 0) is 9.09 Å². The first kappa shape index (κ1) is 10.2. The molecule has 0 aliphatic carbocycles. The highest BCUT2D eigenvalue weighted by atomic mass is 31.2. The van der Waals surface area contributed by atoms with E-state index in [0.717, 1.165) is 19.5 Å². The van der Waals surface area contributed by atoms with Crippen LogP contribution >= 0.6 is 7.67 Å². The van der Waals surface area contributed by atoms with Crippen LogP contribution in [0.2, 0.25) is 0 Å². The van der Waals surface area contributed by atoms with Crippen LogP contribution in [-0.4, -0.2) is 30.9 Å². The quantitative estimate of drug-likeness (QED) is 0.687. The van der Waals surface area contributed by atoms with Gasteiger partial charge in [-0.2, -0.15) is 0 Å². The van der Waals surface area contributed by atoms with Crippen LogP contribution in [0.3, 0.4) is 0 Å². The van der Waals surface area contributed by atoms with Crippen LogP contribution in [0.15, 0.2) is 0 Å².